The van der Waals surface area contributed by atoms with Crippen LogP contribution in [0.5, 0.6) is 11.5 Å². The minimum absolute atomic E-state index is 0.184. The van der Waals surface area contributed by atoms with Gasteiger partial charge < -0.3 is 19.7 Å². The fraction of sp³-hybridized carbons (Fsp3) is 0.400. The van der Waals surface area contributed by atoms with Crippen molar-refractivity contribution in [3.05, 3.63) is 53.6 Å². The fourth-order valence-electron chi connectivity index (χ4n) is 3.73. The largest absolute Gasteiger partial charge is 0.482 e. The summed E-state index contributed by atoms with van der Waals surface area (Å²) < 4.78 is 37.5. The van der Waals surface area contributed by atoms with Gasteiger partial charge in [0.2, 0.25) is 5.91 Å². The van der Waals surface area contributed by atoms with Gasteiger partial charge in [-0.05, 0) is 50.3 Å². The Bertz CT molecular complexity index is 1090. The number of fused-ring (bicyclic) bond motifs is 1. The number of nitrogens with one attached hydrogen (secondary N) is 1. The lowest BCUT2D eigenvalue weighted by Gasteiger charge is -2.33. The lowest BCUT2D eigenvalue weighted by Crippen LogP contribution is -2.52. The molecule has 2 aromatic carbocycles. The Morgan fingerprint density at radius 2 is 1.91 bits per heavy atom. The molecule has 1 aliphatic rings. The molecule has 0 bridgehead atoms. The number of hydrogen-bond acceptors (Lipinski definition) is 6. The van der Waals surface area contributed by atoms with Crippen LogP contribution in [-0.2, 0) is 9.59 Å². The number of carbonyl (C=O) groups excluding carboxylic acids is 3. The van der Waals surface area contributed by atoms with Crippen LogP contribution >= 0.6 is 0 Å². The van der Waals surface area contributed by atoms with Crippen LogP contribution in [0.3, 0.4) is 0 Å². The van der Waals surface area contributed by atoms with Crippen LogP contribution in [0.4, 0.5) is 14.5 Å². The Morgan fingerprint density at radius 1 is 1.17 bits per heavy atom. The predicted octanol–water partition coefficient (Wildman–Crippen LogP) is 2.80. The zero-order valence-electron chi connectivity index (χ0n) is 20.0. The first-order valence-electron chi connectivity index (χ1n) is 11.4. The number of hydrogen-bond donors (Lipinski definition) is 1. The molecule has 188 valence electrons. The molecule has 2 aromatic rings. The van der Waals surface area contributed by atoms with Gasteiger partial charge in [-0.3, -0.25) is 19.3 Å². The smallest absolute Gasteiger partial charge is 0.265 e. The van der Waals surface area contributed by atoms with E-state index in [0.717, 1.165) is 25.2 Å². The van der Waals surface area contributed by atoms with Gasteiger partial charge in [0, 0.05) is 24.7 Å². The molecule has 0 saturated heterocycles. The number of ether oxygens (including phenoxy) is 2. The second-order valence-corrected chi connectivity index (χ2v) is 8.02. The van der Waals surface area contributed by atoms with Crippen molar-refractivity contribution in [2.24, 2.45) is 0 Å². The third-order valence-electron chi connectivity index (χ3n) is 5.80. The van der Waals surface area contributed by atoms with Gasteiger partial charge in [0.15, 0.2) is 30.6 Å². The molecule has 0 radical (unpaired) electrons. The Morgan fingerprint density at radius 3 is 2.60 bits per heavy atom. The van der Waals surface area contributed by atoms with Gasteiger partial charge in [0.05, 0.1) is 5.69 Å². The summed E-state index contributed by atoms with van der Waals surface area (Å²) in [5, 5.41) is 2.85. The quantitative estimate of drug-likeness (QED) is 0.489. The monoisotopic (exact) mass is 489 g/mol. The fourth-order valence-corrected chi connectivity index (χ4v) is 3.73. The molecule has 8 nitrogen and oxygen atoms in total. The highest BCUT2D eigenvalue weighted by Crippen LogP contribution is 2.34. The maximum Gasteiger partial charge on any atom is 0.265 e. The van der Waals surface area contributed by atoms with Crippen LogP contribution < -0.4 is 19.7 Å². The third-order valence-corrected chi connectivity index (χ3v) is 5.80. The zero-order chi connectivity index (χ0) is 25.5. The number of Topliss-reactive ketones (excluding diaryl/α,β-unsaturated/α-hetero) is 1. The van der Waals surface area contributed by atoms with Crippen LogP contribution in [0.15, 0.2) is 36.4 Å². The summed E-state index contributed by atoms with van der Waals surface area (Å²) in [4.78, 5) is 41.6. The minimum atomic E-state index is -0.922. The lowest BCUT2D eigenvalue weighted by atomic mass is 10.1. The van der Waals surface area contributed by atoms with Crippen molar-refractivity contribution in [2.75, 3.05) is 44.3 Å². The third kappa shape index (κ3) is 6.33. The van der Waals surface area contributed by atoms with Gasteiger partial charge in [0.25, 0.3) is 5.91 Å². The van der Waals surface area contributed by atoms with Crippen LogP contribution in [-0.4, -0.2) is 67.9 Å². The molecular formula is C25H29F2N3O5. The summed E-state index contributed by atoms with van der Waals surface area (Å²) in [6, 6.07) is 6.42. The molecule has 0 fully saturated rings. The van der Waals surface area contributed by atoms with Gasteiger partial charge in [-0.15, -0.1) is 0 Å². The topological polar surface area (TPSA) is 88.2 Å². The van der Waals surface area contributed by atoms with E-state index in [0.29, 0.717) is 24.9 Å². The number of ketones is 1. The molecule has 3 rings (SSSR count). The van der Waals surface area contributed by atoms with Gasteiger partial charge in [-0.1, -0.05) is 13.8 Å². The predicted molar refractivity (Wildman–Crippen MR) is 126 cm³/mol. The molecule has 0 spiro atoms. The second-order valence-electron chi connectivity index (χ2n) is 8.02. The first-order chi connectivity index (χ1) is 16.7. The van der Waals surface area contributed by atoms with Crippen molar-refractivity contribution in [2.45, 2.75) is 26.8 Å². The number of halogens is 2. The molecule has 10 heteroatoms. The number of nitrogens with zero attached hydrogens (tertiary/aromatic N) is 2. The Labute approximate surface area is 202 Å². The van der Waals surface area contributed by atoms with Crippen molar-refractivity contribution in [3.63, 3.8) is 0 Å². The van der Waals surface area contributed by atoms with Crippen LogP contribution in [0.1, 0.15) is 31.1 Å². The number of likely N-dealkylation sites (N-methyl/N-ethyl adjacent to an activating group) is 1. The SMILES string of the molecule is CCN(CC)CCNC(=O)[C@H](C)N1C(=O)COc2ccc(C(=O)COc3ccc(F)cc3F)cc21. The number of anilines is 1. The van der Waals surface area contributed by atoms with Gasteiger partial charge in [-0.2, -0.15) is 0 Å². The van der Waals surface area contributed by atoms with E-state index in [2.05, 4.69) is 10.2 Å². The molecule has 2 amide bonds. The molecule has 1 atom stereocenters. The summed E-state index contributed by atoms with van der Waals surface area (Å²) >= 11 is 0. The van der Waals surface area contributed by atoms with E-state index in [9.17, 15) is 23.2 Å². The molecule has 0 saturated carbocycles. The zero-order valence-corrected chi connectivity index (χ0v) is 20.0. The van der Waals surface area contributed by atoms with E-state index in [1.807, 2.05) is 13.8 Å². The molecule has 0 unspecified atom stereocenters. The highest BCUT2D eigenvalue weighted by atomic mass is 19.1. The summed E-state index contributed by atoms with van der Waals surface area (Å²) in [5.74, 6) is -2.82. The molecule has 0 aliphatic carbocycles. The van der Waals surface area contributed by atoms with Crippen molar-refractivity contribution >= 4 is 23.3 Å². The van der Waals surface area contributed by atoms with Crippen molar-refractivity contribution < 1.29 is 32.6 Å². The Hall–Kier alpha value is -3.53. The number of rotatable bonds is 11. The van der Waals surface area contributed by atoms with Crippen LogP contribution in [0, 0.1) is 11.6 Å². The van der Waals surface area contributed by atoms with E-state index in [4.69, 9.17) is 9.47 Å². The number of carbonyl (C=O) groups is 3. The molecule has 1 N–H and O–H groups in total. The minimum Gasteiger partial charge on any atom is -0.482 e. The molecule has 35 heavy (non-hydrogen) atoms. The second kappa shape index (κ2) is 11.7. The van der Waals surface area contributed by atoms with E-state index >= 15 is 0 Å². The van der Waals surface area contributed by atoms with Crippen LogP contribution in [0.2, 0.25) is 0 Å². The summed E-state index contributed by atoms with van der Waals surface area (Å²) in [5.41, 5.74) is 0.468. The first kappa shape index (κ1) is 26.1. The Balaban J connectivity index is 1.72. The van der Waals surface area contributed by atoms with Gasteiger partial charge in [-0.25, -0.2) is 8.78 Å². The van der Waals surface area contributed by atoms with Crippen molar-refractivity contribution in [1.29, 1.82) is 0 Å². The van der Waals surface area contributed by atoms with E-state index in [1.54, 1.807) is 6.92 Å². The van der Waals surface area contributed by atoms with E-state index in [1.165, 1.54) is 23.1 Å². The number of benzene rings is 2. The average molecular weight is 490 g/mol. The van der Waals surface area contributed by atoms with Crippen molar-refractivity contribution in [1.82, 2.24) is 10.2 Å². The normalized spacial score (nSPS) is 13.8. The maximum atomic E-state index is 13.8. The summed E-state index contributed by atoms with van der Waals surface area (Å²) in [6.07, 6.45) is 0. The molecule has 0 aromatic heterocycles. The lowest BCUT2D eigenvalue weighted by molar-refractivity contribution is -0.127. The van der Waals surface area contributed by atoms with Crippen LogP contribution in [0.25, 0.3) is 0 Å². The van der Waals surface area contributed by atoms with Crippen molar-refractivity contribution in [3.8, 4) is 11.5 Å². The highest BCUT2D eigenvalue weighted by Gasteiger charge is 2.33. The first-order valence-corrected chi connectivity index (χ1v) is 11.4. The Kier molecular flexibility index (Phi) is 8.75. The molecule has 1 aliphatic heterocycles. The average Bonchev–Trinajstić information content (AvgIpc) is 2.85. The maximum absolute atomic E-state index is 13.8. The van der Waals surface area contributed by atoms with E-state index < -0.39 is 36.0 Å². The number of amides is 2. The van der Waals surface area contributed by atoms with Gasteiger partial charge >= 0.3 is 0 Å². The molecule has 1 heterocycles. The van der Waals surface area contributed by atoms with Gasteiger partial charge in [0.1, 0.15) is 17.6 Å². The standard InChI is InChI=1S/C25H29F2N3O5/c1-4-29(5-2)11-10-28-25(33)16(3)30-20-12-17(6-8-23(20)35-15-24(30)32)21(31)14-34-22-9-7-18(26)13-19(22)27/h6-9,12-13,16H,4-5,10-11,14-15H2,1-3H3,(H,28,33)/t16-/m0/s1. The highest BCUT2D eigenvalue weighted by molar-refractivity contribution is 6.05. The van der Waals surface area contributed by atoms with E-state index in [-0.39, 0.29) is 29.5 Å². The summed E-state index contributed by atoms with van der Waals surface area (Å²) in [7, 11) is 0. The molecular weight excluding hydrogens is 460 g/mol. The summed E-state index contributed by atoms with van der Waals surface area (Å²) in [6.45, 7) is 7.81.